The van der Waals surface area contributed by atoms with Crippen LogP contribution in [0.25, 0.3) is 11.4 Å². The fourth-order valence-corrected chi connectivity index (χ4v) is 3.52. The standard InChI is InChI=1S/C16H11ClFN3OS2/c17-11-6-2-1-5-10(11)15-20-16(24-21-15)23-9-14(22)19-13-8-4-3-7-12(13)18/h1-8H,9H2,(H,19,22). The zero-order valence-electron chi connectivity index (χ0n) is 12.2. The number of thioether (sulfide) groups is 1. The summed E-state index contributed by atoms with van der Waals surface area (Å²) >= 11 is 8.55. The average molecular weight is 380 g/mol. The van der Waals surface area contributed by atoms with E-state index in [4.69, 9.17) is 11.6 Å². The molecule has 1 aromatic heterocycles. The van der Waals surface area contributed by atoms with Crippen molar-refractivity contribution in [1.82, 2.24) is 9.36 Å². The molecule has 0 unspecified atom stereocenters. The summed E-state index contributed by atoms with van der Waals surface area (Å²) in [5.41, 5.74) is 0.912. The predicted octanol–water partition coefficient (Wildman–Crippen LogP) is 4.73. The molecule has 0 aliphatic rings. The molecule has 122 valence electrons. The summed E-state index contributed by atoms with van der Waals surface area (Å²) in [4.78, 5) is 16.3. The molecule has 0 fully saturated rings. The van der Waals surface area contributed by atoms with E-state index in [2.05, 4.69) is 14.7 Å². The van der Waals surface area contributed by atoms with Gasteiger partial charge in [0.25, 0.3) is 0 Å². The molecular weight excluding hydrogens is 369 g/mol. The molecule has 1 amide bonds. The third kappa shape index (κ3) is 4.11. The first-order valence-corrected chi connectivity index (χ1v) is 9.03. The zero-order valence-corrected chi connectivity index (χ0v) is 14.6. The average Bonchev–Trinajstić information content (AvgIpc) is 3.04. The first kappa shape index (κ1) is 16.9. The van der Waals surface area contributed by atoms with E-state index >= 15 is 0 Å². The van der Waals surface area contributed by atoms with Gasteiger partial charge in [0.1, 0.15) is 5.82 Å². The van der Waals surface area contributed by atoms with E-state index in [1.54, 1.807) is 18.2 Å². The van der Waals surface area contributed by atoms with Crippen LogP contribution in [0.1, 0.15) is 0 Å². The first-order chi connectivity index (χ1) is 11.6. The van der Waals surface area contributed by atoms with Gasteiger partial charge in [-0.1, -0.05) is 47.6 Å². The van der Waals surface area contributed by atoms with Gasteiger partial charge in [0.15, 0.2) is 10.2 Å². The van der Waals surface area contributed by atoms with Crippen LogP contribution < -0.4 is 5.32 Å². The molecule has 0 spiro atoms. The van der Waals surface area contributed by atoms with E-state index in [1.165, 1.54) is 35.4 Å². The maximum Gasteiger partial charge on any atom is 0.234 e. The van der Waals surface area contributed by atoms with Gasteiger partial charge in [-0.05, 0) is 35.8 Å². The van der Waals surface area contributed by atoms with Crippen LogP contribution in [0.2, 0.25) is 5.02 Å². The Hall–Kier alpha value is -1.96. The Labute approximate surface area is 151 Å². The van der Waals surface area contributed by atoms with Crippen LogP contribution in [0.4, 0.5) is 10.1 Å². The van der Waals surface area contributed by atoms with Crippen molar-refractivity contribution in [2.75, 3.05) is 11.1 Å². The van der Waals surface area contributed by atoms with E-state index in [0.29, 0.717) is 15.2 Å². The Morgan fingerprint density at radius 3 is 2.75 bits per heavy atom. The lowest BCUT2D eigenvalue weighted by molar-refractivity contribution is -0.113. The number of halogens is 2. The molecule has 0 saturated heterocycles. The number of anilines is 1. The monoisotopic (exact) mass is 379 g/mol. The molecule has 1 heterocycles. The van der Waals surface area contributed by atoms with Gasteiger partial charge in [-0.2, -0.15) is 4.37 Å². The Morgan fingerprint density at radius 2 is 1.96 bits per heavy atom. The molecule has 0 aliphatic heterocycles. The van der Waals surface area contributed by atoms with E-state index in [0.717, 1.165) is 5.56 Å². The lowest BCUT2D eigenvalue weighted by Crippen LogP contribution is -2.14. The number of aromatic nitrogens is 2. The Balaban J connectivity index is 1.61. The number of amides is 1. The fraction of sp³-hybridized carbons (Fsp3) is 0.0625. The van der Waals surface area contributed by atoms with E-state index in [1.807, 2.05) is 18.2 Å². The van der Waals surface area contributed by atoms with Crippen molar-refractivity contribution in [2.24, 2.45) is 0 Å². The SMILES string of the molecule is O=C(CSc1nc(-c2ccccc2Cl)ns1)Nc1ccccc1F. The van der Waals surface area contributed by atoms with Crippen molar-refractivity contribution < 1.29 is 9.18 Å². The second-order valence-electron chi connectivity index (χ2n) is 4.68. The van der Waals surface area contributed by atoms with Gasteiger partial charge in [0.05, 0.1) is 16.5 Å². The molecule has 0 atom stereocenters. The van der Waals surface area contributed by atoms with E-state index in [-0.39, 0.29) is 17.3 Å². The minimum Gasteiger partial charge on any atom is -0.323 e. The summed E-state index contributed by atoms with van der Waals surface area (Å²) in [6.45, 7) is 0. The Morgan fingerprint density at radius 1 is 1.21 bits per heavy atom. The summed E-state index contributed by atoms with van der Waals surface area (Å²) in [7, 11) is 0. The number of nitrogens with one attached hydrogen (secondary N) is 1. The van der Waals surface area contributed by atoms with Gasteiger partial charge >= 0.3 is 0 Å². The molecule has 0 aliphatic carbocycles. The van der Waals surface area contributed by atoms with Gasteiger partial charge in [0.2, 0.25) is 5.91 Å². The fourth-order valence-electron chi connectivity index (χ4n) is 1.90. The van der Waals surface area contributed by atoms with Crippen molar-refractivity contribution in [3.8, 4) is 11.4 Å². The summed E-state index contributed by atoms with van der Waals surface area (Å²) < 4.78 is 18.4. The minimum absolute atomic E-state index is 0.117. The van der Waals surface area contributed by atoms with Crippen LogP contribution in [-0.4, -0.2) is 21.0 Å². The quantitative estimate of drug-likeness (QED) is 0.651. The van der Waals surface area contributed by atoms with Crippen LogP contribution >= 0.6 is 34.9 Å². The van der Waals surface area contributed by atoms with Crippen molar-refractivity contribution in [1.29, 1.82) is 0 Å². The lowest BCUT2D eigenvalue weighted by atomic mass is 10.2. The summed E-state index contributed by atoms with van der Waals surface area (Å²) in [5.74, 6) is -0.124. The number of para-hydroxylation sites is 1. The number of hydrogen-bond donors (Lipinski definition) is 1. The Bertz CT molecular complexity index is 872. The Kier molecular flexibility index (Phi) is 5.44. The highest BCUT2D eigenvalue weighted by Gasteiger charge is 2.12. The van der Waals surface area contributed by atoms with Crippen LogP contribution in [-0.2, 0) is 4.79 Å². The molecule has 4 nitrogen and oxygen atoms in total. The van der Waals surface area contributed by atoms with Gasteiger partial charge < -0.3 is 5.32 Å². The summed E-state index contributed by atoms with van der Waals surface area (Å²) in [6, 6.07) is 13.3. The molecule has 24 heavy (non-hydrogen) atoms. The maximum absolute atomic E-state index is 13.5. The van der Waals surface area contributed by atoms with Crippen LogP contribution in [0, 0.1) is 5.82 Å². The topological polar surface area (TPSA) is 54.9 Å². The highest BCUT2D eigenvalue weighted by atomic mass is 35.5. The summed E-state index contributed by atoms with van der Waals surface area (Å²) in [6.07, 6.45) is 0. The van der Waals surface area contributed by atoms with E-state index in [9.17, 15) is 9.18 Å². The third-order valence-electron chi connectivity index (χ3n) is 3.00. The number of benzene rings is 2. The second kappa shape index (κ2) is 7.74. The number of carbonyl (C=O) groups excluding carboxylic acids is 1. The van der Waals surface area contributed by atoms with Crippen LogP contribution in [0.3, 0.4) is 0 Å². The highest BCUT2D eigenvalue weighted by molar-refractivity contribution is 8.01. The lowest BCUT2D eigenvalue weighted by Gasteiger charge is -2.04. The molecule has 1 N–H and O–H groups in total. The minimum atomic E-state index is -0.465. The zero-order chi connectivity index (χ0) is 16.9. The number of carbonyl (C=O) groups is 1. The molecule has 0 saturated carbocycles. The van der Waals surface area contributed by atoms with Crippen molar-refractivity contribution >= 4 is 46.5 Å². The highest BCUT2D eigenvalue weighted by Crippen LogP contribution is 2.29. The normalized spacial score (nSPS) is 10.6. The molecular formula is C16H11ClFN3OS2. The first-order valence-electron chi connectivity index (χ1n) is 6.89. The second-order valence-corrected chi connectivity index (χ2v) is 7.06. The molecule has 0 bridgehead atoms. The van der Waals surface area contributed by atoms with Gasteiger partial charge in [-0.15, -0.1) is 0 Å². The predicted molar refractivity (Wildman–Crippen MR) is 96.1 cm³/mol. The largest absolute Gasteiger partial charge is 0.323 e. The number of rotatable bonds is 5. The van der Waals surface area contributed by atoms with Crippen molar-refractivity contribution in [2.45, 2.75) is 4.34 Å². The third-order valence-corrected chi connectivity index (χ3v) is 5.16. The van der Waals surface area contributed by atoms with Gasteiger partial charge in [-0.3, -0.25) is 4.79 Å². The van der Waals surface area contributed by atoms with Gasteiger partial charge in [0, 0.05) is 5.56 Å². The van der Waals surface area contributed by atoms with Crippen LogP contribution in [0.5, 0.6) is 0 Å². The van der Waals surface area contributed by atoms with E-state index < -0.39 is 5.82 Å². The molecule has 8 heteroatoms. The van der Waals surface area contributed by atoms with Crippen molar-refractivity contribution in [3.05, 3.63) is 59.4 Å². The number of nitrogens with zero attached hydrogens (tertiary/aromatic N) is 2. The van der Waals surface area contributed by atoms with Gasteiger partial charge in [-0.25, -0.2) is 9.37 Å². The molecule has 0 radical (unpaired) electrons. The smallest absolute Gasteiger partial charge is 0.234 e. The molecule has 3 rings (SSSR count). The molecule has 2 aromatic carbocycles. The summed E-state index contributed by atoms with van der Waals surface area (Å²) in [5, 5.41) is 3.10. The maximum atomic E-state index is 13.5. The number of hydrogen-bond acceptors (Lipinski definition) is 5. The molecule has 3 aromatic rings. The van der Waals surface area contributed by atoms with Crippen LogP contribution in [0.15, 0.2) is 52.9 Å². The van der Waals surface area contributed by atoms with Crippen molar-refractivity contribution in [3.63, 3.8) is 0 Å².